The summed E-state index contributed by atoms with van der Waals surface area (Å²) in [7, 11) is -2.40. The molecule has 0 fully saturated rings. The second kappa shape index (κ2) is 8.67. The van der Waals surface area contributed by atoms with Crippen LogP contribution >= 0.6 is 7.94 Å². The topological polar surface area (TPSA) is 87.2 Å². The number of hydrogen-bond donors (Lipinski definition) is 1. The second-order valence-electron chi connectivity index (χ2n) is 5.08. The van der Waals surface area contributed by atoms with Gasteiger partial charge in [-0.1, -0.05) is 0 Å². The van der Waals surface area contributed by atoms with Gasteiger partial charge < -0.3 is 9.13 Å². The summed E-state index contributed by atoms with van der Waals surface area (Å²) in [6, 6.07) is 0. The van der Waals surface area contributed by atoms with E-state index in [1.807, 2.05) is 32.3 Å². The Morgan fingerprint density at radius 2 is 1.54 bits per heavy atom. The van der Waals surface area contributed by atoms with Gasteiger partial charge >= 0.3 is 7.94 Å². The quantitative estimate of drug-likeness (QED) is 0.661. The molecule has 0 amide bonds. The third-order valence-corrected chi connectivity index (χ3v) is 6.28. The molecule has 1 N–H and O–H groups in total. The summed E-state index contributed by atoms with van der Waals surface area (Å²) in [4.78, 5) is 8.76. The number of rotatable bonds is 10. The number of nitrogens with one attached hydrogen (secondary N) is 1. The number of aromatic nitrogens is 4. The summed E-state index contributed by atoms with van der Waals surface area (Å²) in [6.07, 6.45) is 3.97. The molecule has 0 aliphatic heterocycles. The molecule has 0 radical (unpaired) electrons. The van der Waals surface area contributed by atoms with Crippen molar-refractivity contribution in [3.63, 3.8) is 0 Å². The van der Waals surface area contributed by atoms with Gasteiger partial charge in [0, 0.05) is 6.54 Å². The van der Waals surface area contributed by atoms with Gasteiger partial charge in [0.05, 0.1) is 39.0 Å². The molecule has 134 valence electrons. The summed E-state index contributed by atoms with van der Waals surface area (Å²) in [6.45, 7) is 10.7. The van der Waals surface area contributed by atoms with Crippen LogP contribution in [0.2, 0.25) is 0 Å². The summed E-state index contributed by atoms with van der Waals surface area (Å²) in [5, 5.41) is 8.38. The number of imidazole rings is 1. The van der Waals surface area contributed by atoms with Gasteiger partial charge in [0.2, 0.25) is 0 Å². The molecule has 0 saturated heterocycles. The van der Waals surface area contributed by atoms with Crippen molar-refractivity contribution in [3.05, 3.63) is 18.1 Å². The first-order chi connectivity index (χ1) is 11.6. The zero-order chi connectivity index (χ0) is 17.6. The predicted molar refractivity (Wildman–Crippen MR) is 93.7 cm³/mol. The Bertz CT molecular complexity index is 698. The largest absolute Gasteiger partial charge is 0.413 e. The maximum atomic E-state index is 8.38. The van der Waals surface area contributed by atoms with E-state index in [4.69, 9.17) is 19.0 Å². The molecule has 0 unspecified atom stereocenters. The van der Waals surface area contributed by atoms with E-state index in [0.29, 0.717) is 43.5 Å². The van der Waals surface area contributed by atoms with E-state index >= 15 is 0 Å². The molecule has 2 aromatic rings. The van der Waals surface area contributed by atoms with Crippen LogP contribution in [0.3, 0.4) is 0 Å². The van der Waals surface area contributed by atoms with Crippen molar-refractivity contribution >= 4 is 19.1 Å². The van der Waals surface area contributed by atoms with Crippen molar-refractivity contribution in [1.29, 1.82) is 5.41 Å². The molecule has 0 spiro atoms. The minimum atomic E-state index is -2.40. The average Bonchev–Trinajstić information content (AvgIpc) is 2.99. The van der Waals surface area contributed by atoms with Crippen LogP contribution in [0.1, 0.15) is 27.7 Å². The van der Waals surface area contributed by atoms with E-state index < -0.39 is 7.94 Å². The van der Waals surface area contributed by atoms with Gasteiger partial charge in [0.25, 0.3) is 0 Å². The molecule has 0 aliphatic rings. The molecule has 0 bridgehead atoms. The number of fused-ring (bicyclic) bond motifs is 1. The number of hydrogen-bond acceptors (Lipinski definition) is 6. The first kappa shape index (κ1) is 19.0. The van der Waals surface area contributed by atoms with Crippen molar-refractivity contribution in [2.75, 3.05) is 26.0 Å². The normalized spacial score (nSPS) is 12.2. The van der Waals surface area contributed by atoms with Crippen LogP contribution < -0.4 is 5.49 Å². The molecule has 0 atom stereocenters. The van der Waals surface area contributed by atoms with Gasteiger partial charge in [-0.2, -0.15) is 13.6 Å². The second-order valence-corrected chi connectivity index (χ2v) is 7.52. The molecular weight excluding hydrogens is 329 g/mol. The first-order valence-electron chi connectivity index (χ1n) is 8.37. The fourth-order valence-electron chi connectivity index (χ4n) is 2.52. The van der Waals surface area contributed by atoms with Gasteiger partial charge in [0.1, 0.15) is 5.52 Å². The molecule has 2 rings (SSSR count). The lowest BCUT2D eigenvalue weighted by Gasteiger charge is -2.21. The van der Waals surface area contributed by atoms with Crippen molar-refractivity contribution in [1.82, 2.24) is 19.1 Å². The number of aryl methyl sites for hydroxylation is 2. The van der Waals surface area contributed by atoms with E-state index in [0.717, 1.165) is 12.2 Å². The zero-order valence-corrected chi connectivity index (χ0v) is 15.8. The van der Waals surface area contributed by atoms with E-state index in [1.165, 1.54) is 0 Å². The molecule has 24 heavy (non-hydrogen) atoms. The van der Waals surface area contributed by atoms with Crippen molar-refractivity contribution in [2.24, 2.45) is 0 Å². The fourth-order valence-corrected chi connectivity index (χ4v) is 4.77. The zero-order valence-electron chi connectivity index (χ0n) is 14.9. The van der Waals surface area contributed by atoms with Gasteiger partial charge in [-0.3, -0.25) is 5.41 Å². The van der Waals surface area contributed by atoms with E-state index in [9.17, 15) is 0 Å². The van der Waals surface area contributed by atoms with Crippen LogP contribution in [0.25, 0.3) is 11.2 Å². The predicted octanol–water partition coefficient (Wildman–Crippen LogP) is 2.60. The third-order valence-electron chi connectivity index (χ3n) is 3.57. The highest BCUT2D eigenvalue weighted by molar-refractivity contribution is 7.61. The minimum Gasteiger partial charge on any atom is -0.315 e. The summed E-state index contributed by atoms with van der Waals surface area (Å²) < 4.78 is 21.2. The lowest BCUT2D eigenvalue weighted by Crippen LogP contribution is -2.25. The molecule has 0 saturated carbocycles. The molecule has 0 aliphatic carbocycles. The molecule has 2 aromatic heterocycles. The molecular formula is C15H27N5O3P+. The van der Waals surface area contributed by atoms with Crippen molar-refractivity contribution < 1.29 is 13.6 Å². The van der Waals surface area contributed by atoms with Crippen LogP contribution in [0.4, 0.5) is 0 Å². The van der Waals surface area contributed by atoms with Crippen LogP contribution in [0.5, 0.6) is 0 Å². The highest BCUT2D eigenvalue weighted by atomic mass is 31.2. The lowest BCUT2D eigenvalue weighted by atomic mass is 10.5. The monoisotopic (exact) mass is 356 g/mol. The van der Waals surface area contributed by atoms with Crippen molar-refractivity contribution in [3.8, 4) is 0 Å². The maximum Gasteiger partial charge on any atom is 0.413 e. The van der Waals surface area contributed by atoms with Gasteiger partial charge in [0.15, 0.2) is 17.3 Å². The minimum absolute atomic E-state index is 0.342. The number of nitrogens with zero attached hydrogens (tertiary/aromatic N) is 4. The highest BCUT2D eigenvalue weighted by Gasteiger charge is 2.43. The molecule has 9 heteroatoms. The SMILES string of the molecule is CCO[P+](CCn1cnc2c(ncn2CC)c1=N)(OCC)OCC. The van der Waals surface area contributed by atoms with E-state index in [-0.39, 0.29) is 0 Å². The Labute approximate surface area is 142 Å². The van der Waals surface area contributed by atoms with Crippen LogP contribution in [-0.4, -0.2) is 45.1 Å². The maximum absolute atomic E-state index is 8.38. The van der Waals surface area contributed by atoms with Crippen LogP contribution in [0, 0.1) is 5.41 Å². The smallest absolute Gasteiger partial charge is 0.315 e. The molecule has 0 aromatic carbocycles. The lowest BCUT2D eigenvalue weighted by molar-refractivity contribution is 0.150. The van der Waals surface area contributed by atoms with Crippen LogP contribution in [-0.2, 0) is 26.7 Å². The first-order valence-corrected chi connectivity index (χ1v) is 10.1. The summed E-state index contributed by atoms with van der Waals surface area (Å²) in [5.74, 6) is 0. The Morgan fingerprint density at radius 1 is 0.958 bits per heavy atom. The summed E-state index contributed by atoms with van der Waals surface area (Å²) >= 11 is 0. The van der Waals surface area contributed by atoms with Crippen molar-refractivity contribution in [2.45, 2.75) is 40.8 Å². The Morgan fingerprint density at radius 3 is 2.08 bits per heavy atom. The Balaban J connectivity index is 2.24. The van der Waals surface area contributed by atoms with Gasteiger partial charge in [-0.15, -0.1) is 0 Å². The Hall–Kier alpha value is -1.34. The average molecular weight is 356 g/mol. The van der Waals surface area contributed by atoms with Crippen LogP contribution in [0.15, 0.2) is 12.7 Å². The Kier molecular flexibility index (Phi) is 6.86. The van der Waals surface area contributed by atoms with E-state index in [2.05, 4.69) is 9.97 Å². The summed E-state index contributed by atoms with van der Waals surface area (Å²) in [5.41, 5.74) is 1.68. The molecule has 8 nitrogen and oxygen atoms in total. The van der Waals surface area contributed by atoms with E-state index in [1.54, 1.807) is 17.2 Å². The van der Waals surface area contributed by atoms with Gasteiger partial charge in [-0.05, 0) is 27.7 Å². The molecule has 2 heterocycles. The van der Waals surface area contributed by atoms with Gasteiger partial charge in [-0.25, -0.2) is 9.97 Å². The fraction of sp³-hybridized carbons (Fsp3) is 0.667. The standard InChI is InChI=1S/C15H27N5O3P/c1-5-19-11-17-13-14(16)20(12-18-15(13)19)9-10-24(21-6-2,22-7-3)23-8-4/h11-12,16H,5-10H2,1-4H3/q+1. The highest BCUT2D eigenvalue weighted by Crippen LogP contribution is 2.61. The third kappa shape index (κ3) is 4.00.